The van der Waals surface area contributed by atoms with Crippen molar-refractivity contribution in [1.82, 2.24) is 20.4 Å². The average molecular weight is 617 g/mol. The minimum atomic E-state index is -0.954. The maximum absolute atomic E-state index is 12.8. The predicted molar refractivity (Wildman–Crippen MR) is 163 cm³/mol. The molecule has 13 nitrogen and oxygen atoms in total. The number of nitrogens with one attached hydrogen (secondary N) is 2. The smallest absolute Gasteiger partial charge is 0.410 e. The first-order valence-electron chi connectivity index (χ1n) is 15.1. The van der Waals surface area contributed by atoms with E-state index in [4.69, 9.17) is 19.3 Å². The minimum Gasteiger partial charge on any atom is -0.481 e. The highest BCUT2D eigenvalue weighted by molar-refractivity contribution is 5.77. The van der Waals surface area contributed by atoms with Gasteiger partial charge in [-0.05, 0) is 94.4 Å². The Kier molecular flexibility index (Phi) is 17.7. The van der Waals surface area contributed by atoms with Crippen LogP contribution >= 0.6 is 0 Å². The number of carboxylic acid groups (broad SMARTS) is 1. The number of alkyl carbamates (subject to hydrolysis) is 2. The Morgan fingerprint density at radius 2 is 0.953 bits per heavy atom. The van der Waals surface area contributed by atoms with Crippen molar-refractivity contribution in [2.75, 3.05) is 39.3 Å². The van der Waals surface area contributed by atoms with Gasteiger partial charge in [-0.15, -0.1) is 0 Å². The highest BCUT2D eigenvalue weighted by Crippen LogP contribution is 2.12. The summed E-state index contributed by atoms with van der Waals surface area (Å²) in [4.78, 5) is 63.6. The van der Waals surface area contributed by atoms with Gasteiger partial charge in [0.15, 0.2) is 0 Å². The number of nitrogens with zero attached hydrogens (tertiary/aromatic N) is 2. The molecular weight excluding hydrogens is 560 g/mol. The Hall–Kier alpha value is -3.25. The second-order valence-electron chi connectivity index (χ2n) is 13.4. The first-order chi connectivity index (χ1) is 19.7. The van der Waals surface area contributed by atoms with E-state index in [0.717, 1.165) is 0 Å². The Balaban J connectivity index is 5.01. The molecule has 0 aliphatic carbocycles. The van der Waals surface area contributed by atoms with Crippen molar-refractivity contribution in [3.05, 3.63) is 0 Å². The van der Waals surface area contributed by atoms with E-state index >= 15 is 0 Å². The molecule has 0 radical (unpaired) electrons. The van der Waals surface area contributed by atoms with Crippen LogP contribution in [0.15, 0.2) is 0 Å². The van der Waals surface area contributed by atoms with E-state index in [1.165, 1.54) is 0 Å². The zero-order chi connectivity index (χ0) is 33.3. The van der Waals surface area contributed by atoms with Crippen LogP contribution in [0.4, 0.5) is 14.4 Å². The number of ether oxygens (including phenoxy) is 3. The van der Waals surface area contributed by atoms with Crippen LogP contribution in [0.25, 0.3) is 0 Å². The van der Waals surface area contributed by atoms with Gasteiger partial charge in [0.1, 0.15) is 16.8 Å². The second-order valence-corrected chi connectivity index (χ2v) is 13.4. The van der Waals surface area contributed by atoms with Crippen molar-refractivity contribution in [3.8, 4) is 0 Å². The topological polar surface area (TPSA) is 164 Å². The molecule has 0 saturated heterocycles. The number of hydrogen-bond donors (Lipinski definition) is 3. The molecule has 0 aromatic carbocycles. The Bertz CT molecular complexity index is 890. The molecule has 0 unspecified atom stereocenters. The molecule has 0 aliphatic rings. The lowest BCUT2D eigenvalue weighted by Crippen LogP contribution is -2.40. The maximum atomic E-state index is 12.8. The van der Waals surface area contributed by atoms with Crippen molar-refractivity contribution in [1.29, 1.82) is 0 Å². The molecule has 13 heteroatoms. The van der Waals surface area contributed by atoms with Crippen LogP contribution < -0.4 is 10.6 Å². The molecular formula is C30H56N4O9. The predicted octanol–water partition coefficient (Wildman–Crippen LogP) is 4.92. The average Bonchev–Trinajstić information content (AvgIpc) is 2.80. The molecule has 0 aliphatic heterocycles. The van der Waals surface area contributed by atoms with E-state index < -0.39 is 41.1 Å². The summed E-state index contributed by atoms with van der Waals surface area (Å²) in [6.07, 6.45) is 0.933. The molecule has 250 valence electrons. The van der Waals surface area contributed by atoms with Crippen LogP contribution in [0.5, 0.6) is 0 Å². The molecule has 0 bridgehead atoms. The van der Waals surface area contributed by atoms with Crippen molar-refractivity contribution in [3.63, 3.8) is 0 Å². The number of carbonyl (C=O) groups is 5. The van der Waals surface area contributed by atoms with Gasteiger partial charge < -0.3 is 39.8 Å². The molecule has 0 fully saturated rings. The third-order valence-corrected chi connectivity index (χ3v) is 5.44. The summed E-state index contributed by atoms with van der Waals surface area (Å²) in [6.45, 7) is 18.2. The highest BCUT2D eigenvalue weighted by atomic mass is 16.6. The Morgan fingerprint density at radius 3 is 1.37 bits per heavy atom. The van der Waals surface area contributed by atoms with Crippen LogP contribution in [-0.2, 0) is 23.8 Å². The quantitative estimate of drug-likeness (QED) is 0.152. The van der Waals surface area contributed by atoms with E-state index in [2.05, 4.69) is 10.6 Å². The van der Waals surface area contributed by atoms with Gasteiger partial charge in [0.2, 0.25) is 5.91 Å². The Morgan fingerprint density at radius 1 is 0.558 bits per heavy atom. The van der Waals surface area contributed by atoms with Crippen molar-refractivity contribution < 1.29 is 43.3 Å². The van der Waals surface area contributed by atoms with E-state index in [1.807, 2.05) is 0 Å². The van der Waals surface area contributed by atoms with Crippen LogP contribution in [0, 0.1) is 0 Å². The fraction of sp³-hybridized carbons (Fsp3) is 0.833. The van der Waals surface area contributed by atoms with Crippen LogP contribution in [-0.4, -0.2) is 101 Å². The molecule has 0 rings (SSSR count). The van der Waals surface area contributed by atoms with Gasteiger partial charge in [-0.25, -0.2) is 14.4 Å². The van der Waals surface area contributed by atoms with Gasteiger partial charge in [0.05, 0.1) is 0 Å². The summed E-state index contributed by atoms with van der Waals surface area (Å²) in [7, 11) is 0. The molecule has 0 spiro atoms. The lowest BCUT2D eigenvalue weighted by molar-refractivity contribution is -0.137. The van der Waals surface area contributed by atoms with Crippen molar-refractivity contribution in [2.24, 2.45) is 0 Å². The molecule has 0 aromatic rings. The summed E-state index contributed by atoms with van der Waals surface area (Å²) < 4.78 is 16.0. The number of aliphatic carboxylic acids is 1. The summed E-state index contributed by atoms with van der Waals surface area (Å²) in [5.41, 5.74) is -1.89. The first kappa shape index (κ1) is 39.8. The first-order valence-corrected chi connectivity index (χ1v) is 15.1. The van der Waals surface area contributed by atoms with E-state index in [1.54, 1.807) is 72.1 Å². The van der Waals surface area contributed by atoms with Crippen molar-refractivity contribution >= 4 is 30.2 Å². The standard InChI is InChI=1S/C30H56N4O9/c1-28(2,3)41-25(38)31-17-13-21-33(23(35)15-12-16-24(36)37)19-10-11-20-34(27(40)43-30(7,8)9)22-14-18-32-26(39)42-29(4,5)6/h10-22H2,1-9H3,(H,31,38)(H,32,39)(H,36,37). The van der Waals surface area contributed by atoms with Crippen molar-refractivity contribution in [2.45, 2.75) is 124 Å². The second kappa shape index (κ2) is 19.1. The van der Waals surface area contributed by atoms with Crippen LogP contribution in [0.2, 0.25) is 0 Å². The van der Waals surface area contributed by atoms with Crippen LogP contribution in [0.3, 0.4) is 0 Å². The largest absolute Gasteiger partial charge is 0.481 e. The molecule has 43 heavy (non-hydrogen) atoms. The van der Waals surface area contributed by atoms with Gasteiger partial charge in [0.25, 0.3) is 0 Å². The number of hydrogen-bond acceptors (Lipinski definition) is 8. The van der Waals surface area contributed by atoms with Crippen LogP contribution in [0.1, 0.15) is 107 Å². The van der Waals surface area contributed by atoms with Gasteiger partial charge in [-0.3, -0.25) is 9.59 Å². The number of carbonyl (C=O) groups excluding carboxylic acids is 4. The molecule has 0 saturated carbocycles. The molecule has 4 amide bonds. The van der Waals surface area contributed by atoms with Gasteiger partial charge in [-0.1, -0.05) is 0 Å². The van der Waals surface area contributed by atoms with E-state index in [9.17, 15) is 24.0 Å². The molecule has 0 aromatic heterocycles. The molecule has 0 atom stereocenters. The fourth-order valence-electron chi connectivity index (χ4n) is 3.69. The normalized spacial score (nSPS) is 11.7. The SMILES string of the molecule is CC(C)(C)OC(=O)NCCCN(CCCCN(CCCNC(=O)OC(C)(C)C)C(=O)OC(C)(C)C)C(=O)CCCC(=O)O. The van der Waals surface area contributed by atoms with E-state index in [0.29, 0.717) is 65.0 Å². The van der Waals surface area contributed by atoms with Gasteiger partial charge in [-0.2, -0.15) is 0 Å². The number of carboxylic acids is 1. The Labute approximate surface area is 257 Å². The lowest BCUT2D eigenvalue weighted by atomic mass is 10.2. The number of amides is 4. The third-order valence-electron chi connectivity index (χ3n) is 5.44. The minimum absolute atomic E-state index is 0.0899. The fourth-order valence-corrected chi connectivity index (χ4v) is 3.69. The zero-order valence-electron chi connectivity index (χ0n) is 27.8. The number of unbranched alkanes of at least 4 members (excludes halogenated alkanes) is 1. The molecule has 0 heterocycles. The lowest BCUT2D eigenvalue weighted by Gasteiger charge is -2.28. The summed E-state index contributed by atoms with van der Waals surface area (Å²) >= 11 is 0. The third kappa shape index (κ3) is 23.9. The number of rotatable bonds is 17. The maximum Gasteiger partial charge on any atom is 0.410 e. The summed E-state index contributed by atoms with van der Waals surface area (Å²) in [5, 5.41) is 14.3. The molecule has 3 N–H and O–H groups in total. The zero-order valence-corrected chi connectivity index (χ0v) is 27.8. The highest BCUT2D eigenvalue weighted by Gasteiger charge is 2.23. The summed E-state index contributed by atoms with van der Waals surface area (Å²) in [5.74, 6) is -1.11. The summed E-state index contributed by atoms with van der Waals surface area (Å²) in [6, 6.07) is 0. The van der Waals surface area contributed by atoms with Gasteiger partial charge in [0, 0.05) is 52.1 Å². The monoisotopic (exact) mass is 616 g/mol. The van der Waals surface area contributed by atoms with E-state index in [-0.39, 0.29) is 25.2 Å². The van der Waals surface area contributed by atoms with Gasteiger partial charge >= 0.3 is 24.2 Å².